The zero-order chi connectivity index (χ0) is 11.8. The van der Waals surface area contributed by atoms with Gasteiger partial charge in [-0.25, -0.2) is 4.79 Å². The Hall–Kier alpha value is -1.32. The molecule has 1 aliphatic rings. The summed E-state index contributed by atoms with van der Waals surface area (Å²) in [6, 6.07) is 0. The summed E-state index contributed by atoms with van der Waals surface area (Å²) in [5, 5.41) is 8.92. The first kappa shape index (κ1) is 11.8. The van der Waals surface area contributed by atoms with E-state index in [1.165, 1.54) is 7.11 Å². The first-order chi connectivity index (χ1) is 6.82. The first-order valence-electron chi connectivity index (χ1n) is 4.82. The van der Waals surface area contributed by atoms with Crippen molar-refractivity contribution in [3.8, 4) is 0 Å². The summed E-state index contributed by atoms with van der Waals surface area (Å²) in [6.07, 6.45) is 1.70. The fourth-order valence-electron chi connectivity index (χ4n) is 1.96. The van der Waals surface area contributed by atoms with Gasteiger partial charge in [-0.15, -0.1) is 0 Å². The van der Waals surface area contributed by atoms with Crippen molar-refractivity contribution < 1.29 is 19.4 Å². The molecular weight excluding hydrogens is 196 g/mol. The first-order valence-corrected chi connectivity index (χ1v) is 4.82. The Morgan fingerprint density at radius 3 is 2.27 bits per heavy atom. The SMILES string of the molecule is COC(=O)/C(C)=C\C1[C@@H](C(=O)O)C1(C)C. The molecule has 0 saturated heterocycles. The molecule has 15 heavy (non-hydrogen) atoms. The molecule has 4 nitrogen and oxygen atoms in total. The standard InChI is InChI=1S/C11H16O4/c1-6(10(14)15-4)5-7-8(9(12)13)11(7,2)3/h5,7-8H,1-4H3,(H,12,13)/b6-5-/t7?,8-/m0/s1. The fraction of sp³-hybridized carbons (Fsp3) is 0.636. The molecule has 2 atom stereocenters. The van der Waals surface area contributed by atoms with Crippen LogP contribution in [0.5, 0.6) is 0 Å². The van der Waals surface area contributed by atoms with Gasteiger partial charge in [-0.1, -0.05) is 19.9 Å². The number of allylic oxidation sites excluding steroid dienone is 1. The number of methoxy groups -OCH3 is 1. The van der Waals surface area contributed by atoms with E-state index in [-0.39, 0.29) is 11.3 Å². The topological polar surface area (TPSA) is 63.6 Å². The van der Waals surface area contributed by atoms with E-state index in [1.807, 2.05) is 13.8 Å². The maximum atomic E-state index is 11.1. The van der Waals surface area contributed by atoms with Crippen LogP contribution in [0, 0.1) is 17.3 Å². The van der Waals surface area contributed by atoms with Crippen molar-refractivity contribution in [3.05, 3.63) is 11.6 Å². The lowest BCUT2D eigenvalue weighted by atomic mass is 10.1. The second-order valence-corrected chi connectivity index (χ2v) is 4.50. The van der Waals surface area contributed by atoms with Crippen LogP contribution in [-0.4, -0.2) is 24.2 Å². The summed E-state index contributed by atoms with van der Waals surface area (Å²) >= 11 is 0. The van der Waals surface area contributed by atoms with Crippen molar-refractivity contribution in [2.75, 3.05) is 7.11 Å². The smallest absolute Gasteiger partial charge is 0.333 e. The zero-order valence-corrected chi connectivity index (χ0v) is 9.40. The van der Waals surface area contributed by atoms with Gasteiger partial charge in [0.25, 0.3) is 0 Å². The third kappa shape index (κ3) is 2.03. The van der Waals surface area contributed by atoms with Gasteiger partial charge in [-0.05, 0) is 18.3 Å². The van der Waals surface area contributed by atoms with Gasteiger partial charge < -0.3 is 9.84 Å². The van der Waals surface area contributed by atoms with Gasteiger partial charge in [0.05, 0.1) is 13.0 Å². The van der Waals surface area contributed by atoms with Crippen LogP contribution in [0.15, 0.2) is 11.6 Å². The number of carbonyl (C=O) groups excluding carboxylic acids is 1. The van der Waals surface area contributed by atoms with Gasteiger partial charge in [0.1, 0.15) is 0 Å². The average molecular weight is 212 g/mol. The van der Waals surface area contributed by atoms with Crippen molar-refractivity contribution in [3.63, 3.8) is 0 Å². The van der Waals surface area contributed by atoms with Crippen LogP contribution < -0.4 is 0 Å². The minimum atomic E-state index is -0.807. The van der Waals surface area contributed by atoms with E-state index in [1.54, 1.807) is 13.0 Å². The lowest BCUT2D eigenvalue weighted by molar-refractivity contribution is -0.139. The Morgan fingerprint density at radius 2 is 1.93 bits per heavy atom. The van der Waals surface area contributed by atoms with Crippen molar-refractivity contribution in [2.24, 2.45) is 17.3 Å². The number of hydrogen-bond donors (Lipinski definition) is 1. The molecule has 4 heteroatoms. The van der Waals surface area contributed by atoms with Gasteiger partial charge in [0.15, 0.2) is 0 Å². The van der Waals surface area contributed by atoms with E-state index in [0.717, 1.165) is 0 Å². The van der Waals surface area contributed by atoms with Gasteiger partial charge in [0, 0.05) is 5.57 Å². The summed E-state index contributed by atoms with van der Waals surface area (Å²) in [5.41, 5.74) is 0.209. The number of carboxylic acid groups (broad SMARTS) is 1. The third-order valence-corrected chi connectivity index (χ3v) is 3.11. The highest BCUT2D eigenvalue weighted by Gasteiger charge is 2.61. The van der Waals surface area contributed by atoms with Crippen LogP contribution in [0.3, 0.4) is 0 Å². The van der Waals surface area contributed by atoms with E-state index in [2.05, 4.69) is 4.74 Å². The van der Waals surface area contributed by atoms with Crippen LogP contribution in [0.25, 0.3) is 0 Å². The largest absolute Gasteiger partial charge is 0.481 e. The van der Waals surface area contributed by atoms with Gasteiger partial charge in [-0.2, -0.15) is 0 Å². The second kappa shape index (κ2) is 3.68. The monoisotopic (exact) mass is 212 g/mol. The maximum Gasteiger partial charge on any atom is 0.333 e. The summed E-state index contributed by atoms with van der Waals surface area (Å²) in [7, 11) is 1.31. The predicted octanol–water partition coefficient (Wildman–Crippen LogP) is 1.46. The summed E-state index contributed by atoms with van der Waals surface area (Å²) in [6.45, 7) is 5.41. The molecule has 1 saturated carbocycles. The van der Waals surface area contributed by atoms with E-state index >= 15 is 0 Å². The highest BCUT2D eigenvalue weighted by atomic mass is 16.5. The van der Waals surface area contributed by atoms with Crippen LogP contribution in [0.1, 0.15) is 20.8 Å². The lowest BCUT2D eigenvalue weighted by Crippen LogP contribution is -2.03. The molecular formula is C11H16O4. The number of carboxylic acids is 1. The molecule has 0 aliphatic heterocycles. The zero-order valence-electron chi connectivity index (χ0n) is 9.40. The number of carbonyl (C=O) groups is 2. The molecule has 0 aromatic carbocycles. The van der Waals surface area contributed by atoms with Crippen molar-refractivity contribution in [2.45, 2.75) is 20.8 Å². The minimum Gasteiger partial charge on any atom is -0.481 e. The average Bonchev–Trinajstić information content (AvgIpc) is 2.66. The molecule has 0 radical (unpaired) electrons. The predicted molar refractivity (Wildman–Crippen MR) is 54.2 cm³/mol. The molecule has 0 amide bonds. The van der Waals surface area contributed by atoms with E-state index in [9.17, 15) is 9.59 Å². The molecule has 0 aromatic rings. The molecule has 1 N–H and O–H groups in total. The fourth-order valence-corrected chi connectivity index (χ4v) is 1.96. The highest BCUT2D eigenvalue weighted by Crippen LogP contribution is 2.59. The Labute approximate surface area is 88.9 Å². The lowest BCUT2D eigenvalue weighted by Gasteiger charge is -1.99. The van der Waals surface area contributed by atoms with E-state index in [4.69, 9.17) is 5.11 Å². The van der Waals surface area contributed by atoms with Crippen molar-refractivity contribution in [1.29, 1.82) is 0 Å². The number of aliphatic carboxylic acids is 1. The second-order valence-electron chi connectivity index (χ2n) is 4.50. The number of hydrogen-bond acceptors (Lipinski definition) is 3. The molecule has 1 unspecified atom stereocenters. The van der Waals surface area contributed by atoms with Gasteiger partial charge in [-0.3, -0.25) is 4.79 Å². The Kier molecular flexibility index (Phi) is 2.88. The molecule has 84 valence electrons. The molecule has 1 rings (SSSR count). The van der Waals surface area contributed by atoms with Crippen LogP contribution in [-0.2, 0) is 14.3 Å². The van der Waals surface area contributed by atoms with Crippen LogP contribution in [0.2, 0.25) is 0 Å². The van der Waals surface area contributed by atoms with Gasteiger partial charge >= 0.3 is 11.9 Å². The number of rotatable bonds is 3. The van der Waals surface area contributed by atoms with Crippen LogP contribution >= 0.6 is 0 Å². The molecule has 1 fully saturated rings. The van der Waals surface area contributed by atoms with Crippen molar-refractivity contribution >= 4 is 11.9 Å². The molecule has 0 spiro atoms. The quantitative estimate of drug-likeness (QED) is 0.568. The Balaban J connectivity index is 2.78. The summed E-state index contributed by atoms with van der Waals surface area (Å²) in [5.74, 6) is -1.67. The number of ether oxygens (including phenoxy) is 1. The highest BCUT2D eigenvalue weighted by molar-refractivity contribution is 5.88. The van der Waals surface area contributed by atoms with Gasteiger partial charge in [0.2, 0.25) is 0 Å². The Morgan fingerprint density at radius 1 is 1.40 bits per heavy atom. The molecule has 0 aromatic heterocycles. The summed E-state index contributed by atoms with van der Waals surface area (Å²) in [4.78, 5) is 22.0. The maximum absolute atomic E-state index is 11.1. The van der Waals surface area contributed by atoms with Crippen molar-refractivity contribution in [1.82, 2.24) is 0 Å². The Bertz CT molecular complexity index is 327. The minimum absolute atomic E-state index is 0.0749. The summed E-state index contributed by atoms with van der Waals surface area (Å²) < 4.78 is 4.55. The molecule has 0 heterocycles. The number of esters is 1. The third-order valence-electron chi connectivity index (χ3n) is 3.11. The van der Waals surface area contributed by atoms with E-state index < -0.39 is 17.9 Å². The molecule has 0 bridgehead atoms. The van der Waals surface area contributed by atoms with E-state index in [0.29, 0.717) is 5.57 Å². The van der Waals surface area contributed by atoms with Crippen LogP contribution in [0.4, 0.5) is 0 Å². The molecule has 1 aliphatic carbocycles. The normalized spacial score (nSPS) is 28.4.